The molecule has 2 aromatic heterocycles. The first-order valence-electron chi connectivity index (χ1n) is 10.3. The van der Waals surface area contributed by atoms with Crippen LogP contribution in [0.2, 0.25) is 0 Å². The van der Waals surface area contributed by atoms with Gasteiger partial charge >= 0.3 is 0 Å². The third-order valence-electron chi connectivity index (χ3n) is 5.52. The Morgan fingerprint density at radius 1 is 1.03 bits per heavy atom. The van der Waals surface area contributed by atoms with Gasteiger partial charge in [0, 0.05) is 38.4 Å². The van der Waals surface area contributed by atoms with Crippen LogP contribution < -0.4 is 20.9 Å². The predicted molar refractivity (Wildman–Crippen MR) is 116 cm³/mol. The lowest BCUT2D eigenvalue weighted by Gasteiger charge is -2.28. The molecule has 0 atom stereocenters. The Bertz CT molecular complexity index is 1010. The quantitative estimate of drug-likeness (QED) is 0.592. The van der Waals surface area contributed by atoms with Crippen molar-refractivity contribution >= 4 is 34.3 Å². The molecule has 2 aliphatic rings. The minimum atomic E-state index is 0.717. The summed E-state index contributed by atoms with van der Waals surface area (Å²) in [4.78, 5) is 21.0. The zero-order valence-electron chi connectivity index (χ0n) is 16.6. The second-order valence-electron chi connectivity index (χ2n) is 7.79. The van der Waals surface area contributed by atoms with Crippen LogP contribution >= 0.6 is 0 Å². The molecule has 8 nitrogen and oxygen atoms in total. The highest BCUT2D eigenvalue weighted by atomic mass is 15.3. The Morgan fingerprint density at radius 3 is 2.66 bits per heavy atom. The fourth-order valence-corrected chi connectivity index (χ4v) is 3.56. The maximum Gasteiger partial charge on any atom is 0.228 e. The lowest BCUT2D eigenvalue weighted by Crippen LogP contribution is -2.44. The molecule has 0 amide bonds. The van der Waals surface area contributed by atoms with Gasteiger partial charge in [-0.25, -0.2) is 15.0 Å². The summed E-state index contributed by atoms with van der Waals surface area (Å²) in [5, 5.41) is 10.4. The summed E-state index contributed by atoms with van der Waals surface area (Å²) in [7, 11) is 0. The van der Waals surface area contributed by atoms with Crippen LogP contribution in [-0.2, 0) is 0 Å². The second kappa shape index (κ2) is 7.79. The Labute approximate surface area is 170 Å². The van der Waals surface area contributed by atoms with Crippen molar-refractivity contribution in [1.29, 1.82) is 0 Å². The van der Waals surface area contributed by atoms with Crippen LogP contribution in [0, 0.1) is 12.8 Å². The molecule has 1 saturated heterocycles. The molecule has 3 N–H and O–H groups in total. The normalized spacial score (nSPS) is 16.8. The van der Waals surface area contributed by atoms with Gasteiger partial charge in [0.15, 0.2) is 11.6 Å². The number of aryl methyl sites for hydroxylation is 1. The molecule has 1 aliphatic carbocycles. The molecule has 8 heteroatoms. The molecule has 2 fully saturated rings. The van der Waals surface area contributed by atoms with Gasteiger partial charge in [-0.05, 0) is 37.3 Å². The molecule has 3 heterocycles. The van der Waals surface area contributed by atoms with Crippen LogP contribution in [0.5, 0.6) is 0 Å². The number of nitrogens with zero attached hydrogens (tertiary/aromatic N) is 5. The van der Waals surface area contributed by atoms with Crippen LogP contribution in [0.15, 0.2) is 30.6 Å². The summed E-state index contributed by atoms with van der Waals surface area (Å²) < 4.78 is 0. The maximum absolute atomic E-state index is 4.88. The van der Waals surface area contributed by atoms with Crippen molar-refractivity contribution in [3.8, 4) is 0 Å². The zero-order chi connectivity index (χ0) is 19.6. The van der Waals surface area contributed by atoms with Crippen molar-refractivity contribution in [2.24, 2.45) is 5.92 Å². The van der Waals surface area contributed by atoms with Gasteiger partial charge in [-0.3, -0.25) is 0 Å². The second-order valence-corrected chi connectivity index (χ2v) is 7.79. The van der Waals surface area contributed by atoms with E-state index in [1.54, 1.807) is 6.33 Å². The van der Waals surface area contributed by atoms with Gasteiger partial charge in [0.25, 0.3) is 0 Å². The first-order chi connectivity index (χ1) is 14.3. The molecule has 29 heavy (non-hydrogen) atoms. The van der Waals surface area contributed by atoms with Crippen LogP contribution in [0.1, 0.15) is 18.4 Å². The van der Waals surface area contributed by atoms with E-state index in [9.17, 15) is 0 Å². The van der Waals surface area contributed by atoms with E-state index < -0.39 is 0 Å². The van der Waals surface area contributed by atoms with E-state index in [1.807, 2.05) is 12.1 Å². The number of anilines is 4. The molecule has 5 rings (SSSR count). The summed E-state index contributed by atoms with van der Waals surface area (Å²) >= 11 is 0. The summed E-state index contributed by atoms with van der Waals surface area (Å²) in [6, 6.07) is 8.20. The summed E-state index contributed by atoms with van der Waals surface area (Å²) in [5.41, 5.74) is 3.68. The van der Waals surface area contributed by atoms with Crippen LogP contribution in [0.25, 0.3) is 11.0 Å². The number of rotatable bonds is 6. The lowest BCUT2D eigenvalue weighted by atomic mass is 10.2. The molecule has 1 aromatic carbocycles. The predicted octanol–water partition coefficient (Wildman–Crippen LogP) is 2.70. The Balaban J connectivity index is 1.58. The molecular weight excluding hydrogens is 364 g/mol. The monoisotopic (exact) mass is 390 g/mol. The number of fused-ring (bicyclic) bond motifs is 1. The van der Waals surface area contributed by atoms with Gasteiger partial charge in [-0.15, -0.1) is 0 Å². The van der Waals surface area contributed by atoms with Crippen molar-refractivity contribution in [1.82, 2.24) is 25.3 Å². The molecule has 3 aromatic rings. The number of nitrogens with one attached hydrogen (secondary N) is 3. The average Bonchev–Trinajstić information content (AvgIpc) is 3.59. The minimum absolute atomic E-state index is 0.717. The molecule has 150 valence electrons. The van der Waals surface area contributed by atoms with Gasteiger partial charge in [0.1, 0.15) is 17.4 Å². The lowest BCUT2D eigenvalue weighted by molar-refractivity contribution is 0.581. The first-order valence-corrected chi connectivity index (χ1v) is 10.3. The standard InChI is InChI=1S/C21H26N8/c1-14-4-2-3-5-16(14)26-20-17-18(19(25-13-24-17)23-12-15-6-7-15)27-21(28-20)29-10-8-22-9-11-29/h2-5,13,15,22H,6-12H2,1H3,(H,23,24,25)(H,26,27,28). The van der Waals surface area contributed by atoms with Crippen molar-refractivity contribution in [2.45, 2.75) is 19.8 Å². The van der Waals surface area contributed by atoms with E-state index in [2.05, 4.69) is 49.9 Å². The van der Waals surface area contributed by atoms with Gasteiger partial charge in [0.05, 0.1) is 0 Å². The third kappa shape index (κ3) is 3.93. The Hall–Kier alpha value is -3.00. The fraction of sp³-hybridized carbons (Fsp3) is 0.429. The molecule has 0 radical (unpaired) electrons. The SMILES string of the molecule is Cc1ccccc1Nc1nc(N2CCNCC2)nc2c(NCC3CC3)ncnc12. The van der Waals surface area contributed by atoms with E-state index >= 15 is 0 Å². The average molecular weight is 390 g/mol. The molecule has 0 bridgehead atoms. The van der Waals surface area contributed by atoms with E-state index in [-0.39, 0.29) is 0 Å². The molecule has 0 unspecified atom stereocenters. The van der Waals surface area contributed by atoms with Gasteiger partial charge in [-0.1, -0.05) is 18.2 Å². The summed E-state index contributed by atoms with van der Waals surface area (Å²) in [6.45, 7) is 6.64. The highest BCUT2D eigenvalue weighted by molar-refractivity contribution is 5.94. The molecule has 1 aliphatic heterocycles. The van der Waals surface area contributed by atoms with Crippen molar-refractivity contribution in [2.75, 3.05) is 48.3 Å². The first kappa shape index (κ1) is 18.1. The van der Waals surface area contributed by atoms with E-state index in [0.29, 0.717) is 0 Å². The van der Waals surface area contributed by atoms with Gasteiger partial charge in [-0.2, -0.15) is 4.98 Å². The van der Waals surface area contributed by atoms with Gasteiger partial charge < -0.3 is 20.9 Å². The van der Waals surface area contributed by atoms with Crippen LogP contribution in [-0.4, -0.2) is 52.7 Å². The zero-order valence-corrected chi connectivity index (χ0v) is 16.6. The third-order valence-corrected chi connectivity index (χ3v) is 5.52. The number of aromatic nitrogens is 4. The summed E-state index contributed by atoms with van der Waals surface area (Å²) in [6.07, 6.45) is 4.17. The Morgan fingerprint density at radius 2 is 1.86 bits per heavy atom. The minimum Gasteiger partial charge on any atom is -0.368 e. The van der Waals surface area contributed by atoms with E-state index in [4.69, 9.17) is 9.97 Å². The van der Waals surface area contributed by atoms with Crippen molar-refractivity contribution < 1.29 is 0 Å². The maximum atomic E-state index is 4.88. The fourth-order valence-electron chi connectivity index (χ4n) is 3.56. The Kier molecular flexibility index (Phi) is 4.85. The smallest absolute Gasteiger partial charge is 0.228 e. The topological polar surface area (TPSA) is 90.9 Å². The highest BCUT2D eigenvalue weighted by Crippen LogP contribution is 2.32. The van der Waals surface area contributed by atoms with E-state index in [0.717, 1.165) is 78.5 Å². The number of hydrogen-bond acceptors (Lipinski definition) is 8. The van der Waals surface area contributed by atoms with Crippen LogP contribution in [0.4, 0.5) is 23.3 Å². The van der Waals surface area contributed by atoms with Crippen molar-refractivity contribution in [3.05, 3.63) is 36.2 Å². The highest BCUT2D eigenvalue weighted by Gasteiger charge is 2.23. The summed E-state index contributed by atoms with van der Waals surface area (Å²) in [5.74, 6) is 2.97. The number of piperazine rings is 1. The largest absolute Gasteiger partial charge is 0.368 e. The van der Waals surface area contributed by atoms with Crippen molar-refractivity contribution in [3.63, 3.8) is 0 Å². The molecule has 0 spiro atoms. The number of hydrogen-bond donors (Lipinski definition) is 3. The van der Waals surface area contributed by atoms with E-state index in [1.165, 1.54) is 12.8 Å². The van der Waals surface area contributed by atoms with Gasteiger partial charge in [0.2, 0.25) is 5.95 Å². The van der Waals surface area contributed by atoms with Crippen LogP contribution in [0.3, 0.4) is 0 Å². The number of benzene rings is 1. The molecular formula is C21H26N8. The molecule has 1 saturated carbocycles. The number of para-hydroxylation sites is 1.